The minimum atomic E-state index is -2.93. The maximum Gasteiger partial charge on any atom is 0.387 e. The molecule has 3 rings (SSSR count). The minimum Gasteiger partial charge on any atom is -0.460 e. The predicted octanol–water partition coefficient (Wildman–Crippen LogP) is 3.93. The molecule has 0 aliphatic heterocycles. The normalized spacial score (nSPS) is 11.2. The van der Waals surface area contributed by atoms with Crippen LogP contribution in [0.3, 0.4) is 0 Å². The molecule has 0 aliphatic rings. The van der Waals surface area contributed by atoms with Crippen molar-refractivity contribution in [2.45, 2.75) is 13.2 Å². The standard InChI is InChI=1S/C18H13F2N3O5/c19-18(20)28-15-3-1-12(2-4-15)17(24)8-7-14-5-6-16(27-14)11-22-10-13(9-21-22)23(25)26/h1-10,18H,11H2/b8-7+. The number of hydrogen-bond donors (Lipinski definition) is 0. The van der Waals surface area contributed by atoms with Gasteiger partial charge in [-0.3, -0.25) is 19.6 Å². The summed E-state index contributed by atoms with van der Waals surface area (Å²) >= 11 is 0. The number of furan rings is 1. The Hall–Kier alpha value is -3.82. The number of allylic oxidation sites excluding steroid dienone is 1. The number of aromatic nitrogens is 2. The van der Waals surface area contributed by atoms with Crippen LogP contribution >= 0.6 is 0 Å². The van der Waals surface area contributed by atoms with E-state index in [0.717, 1.165) is 6.20 Å². The van der Waals surface area contributed by atoms with E-state index in [1.807, 2.05) is 0 Å². The van der Waals surface area contributed by atoms with Crippen molar-refractivity contribution >= 4 is 17.5 Å². The second-order valence-corrected chi connectivity index (χ2v) is 5.56. The largest absolute Gasteiger partial charge is 0.460 e. The zero-order valence-corrected chi connectivity index (χ0v) is 14.2. The molecule has 0 fully saturated rings. The molecular weight excluding hydrogens is 376 g/mol. The van der Waals surface area contributed by atoms with Gasteiger partial charge < -0.3 is 9.15 Å². The van der Waals surface area contributed by atoms with Gasteiger partial charge in [0.1, 0.15) is 29.7 Å². The van der Waals surface area contributed by atoms with Crippen molar-refractivity contribution in [2.75, 3.05) is 0 Å². The smallest absolute Gasteiger partial charge is 0.387 e. The van der Waals surface area contributed by atoms with Crippen LogP contribution < -0.4 is 4.74 Å². The monoisotopic (exact) mass is 389 g/mol. The maximum atomic E-state index is 12.1. The molecule has 2 heterocycles. The van der Waals surface area contributed by atoms with Crippen LogP contribution in [0.25, 0.3) is 6.08 Å². The van der Waals surface area contributed by atoms with E-state index in [1.54, 1.807) is 12.1 Å². The summed E-state index contributed by atoms with van der Waals surface area (Å²) in [6.45, 7) is -2.73. The van der Waals surface area contributed by atoms with Gasteiger partial charge in [-0.2, -0.15) is 13.9 Å². The molecule has 3 aromatic rings. The van der Waals surface area contributed by atoms with Crippen LogP contribution in [0.2, 0.25) is 0 Å². The summed E-state index contributed by atoms with van der Waals surface area (Å²) in [7, 11) is 0. The second kappa shape index (κ2) is 8.25. The van der Waals surface area contributed by atoms with Crippen LogP contribution in [0, 0.1) is 10.1 Å². The first-order valence-electron chi connectivity index (χ1n) is 7.93. The molecule has 0 spiro atoms. The van der Waals surface area contributed by atoms with Crippen LogP contribution in [0.15, 0.2) is 59.3 Å². The Morgan fingerprint density at radius 3 is 2.68 bits per heavy atom. The third-order valence-electron chi connectivity index (χ3n) is 3.59. The lowest BCUT2D eigenvalue weighted by Gasteiger charge is -2.04. The summed E-state index contributed by atoms with van der Waals surface area (Å²) in [4.78, 5) is 22.2. The quantitative estimate of drug-likeness (QED) is 0.250. The number of carbonyl (C=O) groups excluding carboxylic acids is 1. The van der Waals surface area contributed by atoms with Crippen molar-refractivity contribution in [3.63, 3.8) is 0 Å². The number of rotatable bonds is 8. The highest BCUT2D eigenvalue weighted by Crippen LogP contribution is 2.17. The Morgan fingerprint density at radius 1 is 1.29 bits per heavy atom. The Bertz CT molecular complexity index is 1010. The van der Waals surface area contributed by atoms with E-state index in [0.29, 0.717) is 17.1 Å². The Morgan fingerprint density at radius 2 is 2.04 bits per heavy atom. The highest BCUT2D eigenvalue weighted by atomic mass is 19.3. The van der Waals surface area contributed by atoms with Gasteiger partial charge in [-0.1, -0.05) is 0 Å². The highest BCUT2D eigenvalue weighted by Gasteiger charge is 2.10. The number of halogens is 2. The van der Waals surface area contributed by atoms with E-state index in [9.17, 15) is 23.7 Å². The fourth-order valence-electron chi connectivity index (χ4n) is 2.32. The lowest BCUT2D eigenvalue weighted by Crippen LogP contribution is -2.02. The topological polar surface area (TPSA) is 100 Å². The molecular formula is C18H13F2N3O5. The van der Waals surface area contributed by atoms with Gasteiger partial charge in [-0.15, -0.1) is 0 Å². The molecule has 8 nitrogen and oxygen atoms in total. The summed E-state index contributed by atoms with van der Waals surface area (Å²) in [5.74, 6) is 0.524. The van der Waals surface area contributed by atoms with Crippen LogP contribution in [-0.2, 0) is 6.54 Å². The number of alkyl halides is 2. The molecule has 2 aromatic heterocycles. The van der Waals surface area contributed by atoms with Crippen molar-refractivity contribution < 1.29 is 27.7 Å². The first kappa shape index (κ1) is 19.0. The third-order valence-corrected chi connectivity index (χ3v) is 3.59. The van der Waals surface area contributed by atoms with Gasteiger partial charge in [0.15, 0.2) is 5.78 Å². The molecule has 28 heavy (non-hydrogen) atoms. The SMILES string of the molecule is O=C(/C=C/c1ccc(Cn2cc([N+](=O)[O-])cn2)o1)c1ccc(OC(F)F)cc1. The van der Waals surface area contributed by atoms with E-state index in [1.165, 1.54) is 47.3 Å². The summed E-state index contributed by atoms with van der Waals surface area (Å²) in [5.41, 5.74) is 0.177. The van der Waals surface area contributed by atoms with Gasteiger partial charge in [0.2, 0.25) is 0 Å². The van der Waals surface area contributed by atoms with E-state index >= 15 is 0 Å². The number of benzene rings is 1. The molecule has 0 unspecified atom stereocenters. The van der Waals surface area contributed by atoms with Crippen LogP contribution in [-0.4, -0.2) is 27.1 Å². The van der Waals surface area contributed by atoms with Crippen molar-refractivity contribution in [1.29, 1.82) is 0 Å². The fourth-order valence-corrected chi connectivity index (χ4v) is 2.32. The molecule has 0 aliphatic carbocycles. The summed E-state index contributed by atoms with van der Waals surface area (Å²) in [5, 5.41) is 14.5. The van der Waals surface area contributed by atoms with Gasteiger partial charge in [-0.05, 0) is 48.6 Å². The number of ether oxygens (including phenoxy) is 1. The number of ketones is 1. The van der Waals surface area contributed by atoms with Crippen molar-refractivity contribution in [3.05, 3.63) is 82.1 Å². The number of carbonyl (C=O) groups is 1. The molecule has 0 amide bonds. The molecule has 0 saturated heterocycles. The molecule has 144 valence electrons. The van der Waals surface area contributed by atoms with Gasteiger partial charge in [-0.25, -0.2) is 0 Å². The molecule has 1 aromatic carbocycles. The number of hydrogen-bond acceptors (Lipinski definition) is 6. The average molecular weight is 389 g/mol. The van der Waals surface area contributed by atoms with Crippen LogP contribution in [0.1, 0.15) is 21.9 Å². The highest BCUT2D eigenvalue weighted by molar-refractivity contribution is 6.06. The van der Waals surface area contributed by atoms with Gasteiger partial charge in [0.25, 0.3) is 0 Å². The van der Waals surface area contributed by atoms with Crippen molar-refractivity contribution in [1.82, 2.24) is 9.78 Å². The zero-order chi connectivity index (χ0) is 20.1. The first-order valence-corrected chi connectivity index (χ1v) is 7.93. The molecule has 0 N–H and O–H groups in total. The summed E-state index contributed by atoms with van der Waals surface area (Å²) in [6.07, 6.45) is 5.16. The van der Waals surface area contributed by atoms with Gasteiger partial charge in [0, 0.05) is 5.56 Å². The van der Waals surface area contributed by atoms with Gasteiger partial charge in [0.05, 0.1) is 11.5 Å². The average Bonchev–Trinajstić information content (AvgIpc) is 3.30. The zero-order valence-electron chi connectivity index (χ0n) is 14.2. The number of nitrogens with zero attached hydrogens (tertiary/aromatic N) is 3. The van der Waals surface area contributed by atoms with E-state index in [2.05, 4.69) is 9.84 Å². The fraction of sp³-hybridized carbons (Fsp3) is 0.111. The first-order chi connectivity index (χ1) is 13.4. The van der Waals surface area contributed by atoms with Gasteiger partial charge >= 0.3 is 12.3 Å². The summed E-state index contributed by atoms with van der Waals surface area (Å²) < 4.78 is 35.4. The molecule has 0 radical (unpaired) electrons. The van der Waals surface area contributed by atoms with E-state index in [4.69, 9.17) is 4.42 Å². The van der Waals surface area contributed by atoms with Crippen molar-refractivity contribution in [3.8, 4) is 5.75 Å². The lowest BCUT2D eigenvalue weighted by atomic mass is 10.1. The second-order valence-electron chi connectivity index (χ2n) is 5.56. The minimum absolute atomic E-state index is 0.0370. The number of nitro groups is 1. The summed E-state index contributed by atoms with van der Waals surface area (Å²) in [6, 6.07) is 8.61. The Balaban J connectivity index is 1.61. The van der Waals surface area contributed by atoms with E-state index in [-0.39, 0.29) is 23.8 Å². The Labute approximate surface area is 156 Å². The van der Waals surface area contributed by atoms with E-state index < -0.39 is 11.5 Å². The molecule has 0 saturated carbocycles. The molecule has 10 heteroatoms. The molecule has 0 bridgehead atoms. The van der Waals surface area contributed by atoms with Crippen LogP contribution in [0.5, 0.6) is 5.75 Å². The predicted molar refractivity (Wildman–Crippen MR) is 93.1 cm³/mol. The third kappa shape index (κ3) is 4.87. The lowest BCUT2D eigenvalue weighted by molar-refractivity contribution is -0.385. The maximum absolute atomic E-state index is 12.1. The van der Waals surface area contributed by atoms with Crippen LogP contribution in [0.4, 0.5) is 14.5 Å². The van der Waals surface area contributed by atoms with Crippen molar-refractivity contribution in [2.24, 2.45) is 0 Å². The Kier molecular flexibility index (Phi) is 5.58. The molecule has 0 atom stereocenters.